The highest BCUT2D eigenvalue weighted by molar-refractivity contribution is 5.92. The van der Waals surface area contributed by atoms with Crippen LogP contribution in [-0.2, 0) is 0 Å². The molecule has 0 bridgehead atoms. The van der Waals surface area contributed by atoms with E-state index in [0.29, 0.717) is 12.2 Å². The van der Waals surface area contributed by atoms with E-state index < -0.39 is 0 Å². The lowest BCUT2D eigenvalue weighted by Crippen LogP contribution is -2.24. The standard InChI is InChI=1S/C13H20N4O/c1-4-7-15-13(18)12-6-5-11(10-16-12)14-8-9-17(2)3/h4-6,10,14H,1,7-9H2,2-3H3,(H,15,18). The number of anilines is 1. The van der Waals surface area contributed by atoms with E-state index in [-0.39, 0.29) is 5.91 Å². The summed E-state index contributed by atoms with van der Waals surface area (Å²) in [5.41, 5.74) is 1.33. The van der Waals surface area contributed by atoms with Gasteiger partial charge in [-0.15, -0.1) is 6.58 Å². The monoisotopic (exact) mass is 248 g/mol. The molecule has 0 unspecified atom stereocenters. The van der Waals surface area contributed by atoms with Gasteiger partial charge in [0.25, 0.3) is 5.91 Å². The fraction of sp³-hybridized carbons (Fsp3) is 0.385. The second-order valence-corrected chi connectivity index (χ2v) is 4.16. The van der Waals surface area contributed by atoms with Gasteiger partial charge in [-0.25, -0.2) is 4.98 Å². The van der Waals surface area contributed by atoms with Crippen LogP contribution in [0.25, 0.3) is 0 Å². The number of aromatic nitrogens is 1. The topological polar surface area (TPSA) is 57.3 Å². The molecule has 1 amide bonds. The Labute approximate surface area is 108 Å². The zero-order valence-electron chi connectivity index (χ0n) is 10.9. The summed E-state index contributed by atoms with van der Waals surface area (Å²) in [6.45, 7) is 5.78. The Kier molecular flexibility index (Phi) is 5.87. The van der Waals surface area contributed by atoms with Crippen LogP contribution in [0.1, 0.15) is 10.5 Å². The van der Waals surface area contributed by atoms with Crippen molar-refractivity contribution in [2.45, 2.75) is 0 Å². The van der Waals surface area contributed by atoms with Crippen molar-refractivity contribution in [1.29, 1.82) is 0 Å². The fourth-order valence-electron chi connectivity index (χ4n) is 1.31. The lowest BCUT2D eigenvalue weighted by atomic mass is 10.3. The smallest absolute Gasteiger partial charge is 0.270 e. The number of likely N-dealkylation sites (N-methyl/N-ethyl adjacent to an activating group) is 1. The zero-order valence-corrected chi connectivity index (χ0v) is 10.9. The second-order valence-electron chi connectivity index (χ2n) is 4.16. The summed E-state index contributed by atoms with van der Waals surface area (Å²) in [4.78, 5) is 17.8. The van der Waals surface area contributed by atoms with E-state index in [1.165, 1.54) is 0 Å². The van der Waals surface area contributed by atoms with Crippen molar-refractivity contribution in [3.8, 4) is 0 Å². The summed E-state index contributed by atoms with van der Waals surface area (Å²) in [5.74, 6) is -0.185. The molecule has 0 aliphatic heterocycles. The van der Waals surface area contributed by atoms with E-state index in [4.69, 9.17) is 0 Å². The molecule has 0 aliphatic carbocycles. The number of carbonyl (C=O) groups is 1. The number of carbonyl (C=O) groups excluding carboxylic acids is 1. The molecule has 0 saturated heterocycles. The lowest BCUT2D eigenvalue weighted by Gasteiger charge is -2.11. The van der Waals surface area contributed by atoms with Gasteiger partial charge in [0.1, 0.15) is 5.69 Å². The number of hydrogen-bond donors (Lipinski definition) is 2. The highest BCUT2D eigenvalue weighted by Crippen LogP contribution is 2.05. The van der Waals surface area contributed by atoms with Crippen LogP contribution in [0, 0.1) is 0 Å². The molecule has 0 fully saturated rings. The van der Waals surface area contributed by atoms with Crippen molar-refractivity contribution in [2.75, 3.05) is 39.0 Å². The van der Waals surface area contributed by atoms with Crippen LogP contribution in [0.15, 0.2) is 31.0 Å². The summed E-state index contributed by atoms with van der Waals surface area (Å²) in [6, 6.07) is 3.56. The summed E-state index contributed by atoms with van der Waals surface area (Å²) < 4.78 is 0. The van der Waals surface area contributed by atoms with Gasteiger partial charge in [0.15, 0.2) is 0 Å². The Hall–Kier alpha value is -1.88. The molecule has 0 aromatic carbocycles. The van der Waals surface area contributed by atoms with E-state index in [2.05, 4.69) is 27.1 Å². The molecule has 5 nitrogen and oxygen atoms in total. The van der Waals surface area contributed by atoms with Crippen LogP contribution in [0.2, 0.25) is 0 Å². The highest BCUT2D eigenvalue weighted by atomic mass is 16.1. The minimum Gasteiger partial charge on any atom is -0.383 e. The Morgan fingerprint density at radius 3 is 2.83 bits per heavy atom. The van der Waals surface area contributed by atoms with Gasteiger partial charge >= 0.3 is 0 Å². The van der Waals surface area contributed by atoms with Crippen molar-refractivity contribution in [1.82, 2.24) is 15.2 Å². The van der Waals surface area contributed by atoms with Crippen molar-refractivity contribution in [2.24, 2.45) is 0 Å². The maximum absolute atomic E-state index is 11.6. The van der Waals surface area contributed by atoms with E-state index >= 15 is 0 Å². The molecule has 0 atom stereocenters. The van der Waals surface area contributed by atoms with E-state index in [0.717, 1.165) is 18.8 Å². The Morgan fingerprint density at radius 1 is 1.50 bits per heavy atom. The summed E-state index contributed by atoms with van der Waals surface area (Å²) in [5, 5.41) is 5.91. The van der Waals surface area contributed by atoms with Crippen molar-refractivity contribution in [3.63, 3.8) is 0 Å². The molecule has 0 radical (unpaired) electrons. The predicted molar refractivity (Wildman–Crippen MR) is 73.8 cm³/mol. The molecule has 98 valence electrons. The Bertz CT molecular complexity index is 386. The SMILES string of the molecule is C=CCNC(=O)c1ccc(NCCN(C)C)cn1. The van der Waals surface area contributed by atoms with Crippen LogP contribution in [0.5, 0.6) is 0 Å². The molecule has 1 aromatic rings. The third kappa shape index (κ3) is 4.97. The number of rotatable bonds is 7. The number of hydrogen-bond acceptors (Lipinski definition) is 4. The van der Waals surface area contributed by atoms with Gasteiger partial charge in [-0.05, 0) is 26.2 Å². The van der Waals surface area contributed by atoms with Crippen LogP contribution in [0.4, 0.5) is 5.69 Å². The number of nitrogens with zero attached hydrogens (tertiary/aromatic N) is 2. The highest BCUT2D eigenvalue weighted by Gasteiger charge is 2.05. The molecule has 5 heteroatoms. The molecular weight excluding hydrogens is 228 g/mol. The Balaban J connectivity index is 2.46. The average Bonchev–Trinajstić information content (AvgIpc) is 2.36. The van der Waals surface area contributed by atoms with E-state index in [1.807, 2.05) is 20.2 Å². The Morgan fingerprint density at radius 2 is 2.28 bits per heavy atom. The van der Waals surface area contributed by atoms with Crippen molar-refractivity contribution < 1.29 is 4.79 Å². The fourth-order valence-corrected chi connectivity index (χ4v) is 1.31. The number of nitrogens with one attached hydrogen (secondary N) is 2. The normalized spacial score (nSPS) is 10.2. The maximum Gasteiger partial charge on any atom is 0.270 e. The molecule has 2 N–H and O–H groups in total. The predicted octanol–water partition coefficient (Wildman–Crippen LogP) is 0.971. The number of amides is 1. The van der Waals surface area contributed by atoms with Gasteiger partial charge in [0, 0.05) is 19.6 Å². The van der Waals surface area contributed by atoms with Crippen LogP contribution in [0.3, 0.4) is 0 Å². The molecule has 1 heterocycles. The quantitative estimate of drug-likeness (QED) is 0.706. The second kappa shape index (κ2) is 7.45. The summed E-state index contributed by atoms with van der Waals surface area (Å²) in [7, 11) is 4.04. The third-order valence-corrected chi connectivity index (χ3v) is 2.29. The van der Waals surface area contributed by atoms with Gasteiger partial charge in [-0.3, -0.25) is 4.79 Å². The van der Waals surface area contributed by atoms with Crippen molar-refractivity contribution >= 4 is 11.6 Å². The van der Waals surface area contributed by atoms with Crippen molar-refractivity contribution in [3.05, 3.63) is 36.7 Å². The first-order valence-corrected chi connectivity index (χ1v) is 5.87. The van der Waals surface area contributed by atoms with Gasteiger partial charge in [0.2, 0.25) is 0 Å². The summed E-state index contributed by atoms with van der Waals surface area (Å²) in [6.07, 6.45) is 3.30. The summed E-state index contributed by atoms with van der Waals surface area (Å²) >= 11 is 0. The van der Waals surface area contributed by atoms with Gasteiger partial charge in [-0.2, -0.15) is 0 Å². The van der Waals surface area contributed by atoms with Gasteiger partial charge in [-0.1, -0.05) is 6.08 Å². The average molecular weight is 248 g/mol. The minimum absolute atomic E-state index is 0.185. The lowest BCUT2D eigenvalue weighted by molar-refractivity contribution is 0.0953. The largest absolute Gasteiger partial charge is 0.383 e. The molecular formula is C13H20N4O. The third-order valence-electron chi connectivity index (χ3n) is 2.29. The van der Waals surface area contributed by atoms with Crippen LogP contribution >= 0.6 is 0 Å². The first-order chi connectivity index (χ1) is 8.63. The molecule has 0 aliphatic rings. The molecule has 0 saturated carbocycles. The van der Waals surface area contributed by atoms with Crippen LogP contribution < -0.4 is 10.6 Å². The molecule has 1 aromatic heterocycles. The first-order valence-electron chi connectivity index (χ1n) is 5.87. The first kappa shape index (κ1) is 14.2. The molecule has 1 rings (SSSR count). The van der Waals surface area contributed by atoms with Gasteiger partial charge in [0.05, 0.1) is 11.9 Å². The van der Waals surface area contributed by atoms with Gasteiger partial charge < -0.3 is 15.5 Å². The maximum atomic E-state index is 11.6. The zero-order chi connectivity index (χ0) is 13.4. The van der Waals surface area contributed by atoms with E-state index in [1.54, 1.807) is 18.3 Å². The molecule has 0 spiro atoms. The molecule has 18 heavy (non-hydrogen) atoms. The van der Waals surface area contributed by atoms with E-state index in [9.17, 15) is 4.79 Å². The number of pyridine rings is 1. The van der Waals surface area contributed by atoms with Crippen LogP contribution in [-0.4, -0.2) is 49.5 Å². The minimum atomic E-state index is -0.185.